The summed E-state index contributed by atoms with van der Waals surface area (Å²) in [6.45, 7) is 16.8. The molecule has 31 heavy (non-hydrogen) atoms. The van der Waals surface area contributed by atoms with Crippen LogP contribution in [-0.2, 0) is 5.60 Å². The van der Waals surface area contributed by atoms with Crippen molar-refractivity contribution in [2.45, 2.75) is 59.3 Å². The molecule has 2 fully saturated rings. The van der Waals surface area contributed by atoms with Gasteiger partial charge in [0.05, 0.1) is 6.10 Å². The van der Waals surface area contributed by atoms with Crippen molar-refractivity contribution >= 4 is 5.82 Å². The maximum Gasteiger partial charge on any atom is 0.128 e. The van der Waals surface area contributed by atoms with Crippen molar-refractivity contribution in [2.24, 2.45) is 10.8 Å². The van der Waals surface area contributed by atoms with E-state index < -0.39 is 5.60 Å². The van der Waals surface area contributed by atoms with Crippen molar-refractivity contribution < 1.29 is 9.84 Å². The number of pyridine rings is 1. The number of benzene rings is 1. The van der Waals surface area contributed by atoms with Crippen molar-refractivity contribution in [3.05, 3.63) is 54.2 Å². The number of hydrogen-bond acceptors (Lipinski definition) is 5. The minimum atomic E-state index is -0.904. The smallest absolute Gasteiger partial charge is 0.128 e. The summed E-state index contributed by atoms with van der Waals surface area (Å²) < 4.78 is 5.80. The molecule has 168 valence electrons. The Hall–Kier alpha value is -2.11. The highest BCUT2D eigenvalue weighted by atomic mass is 16.5. The van der Waals surface area contributed by atoms with Crippen LogP contribution < -0.4 is 9.64 Å². The molecule has 1 aromatic carbocycles. The van der Waals surface area contributed by atoms with Gasteiger partial charge in [-0.15, -0.1) is 0 Å². The first-order chi connectivity index (χ1) is 14.6. The zero-order chi connectivity index (χ0) is 22.4. The van der Waals surface area contributed by atoms with Crippen molar-refractivity contribution in [2.75, 3.05) is 31.1 Å². The Morgan fingerprint density at radius 3 is 2.06 bits per heavy atom. The van der Waals surface area contributed by atoms with Crippen molar-refractivity contribution in [1.82, 2.24) is 9.88 Å². The summed E-state index contributed by atoms with van der Waals surface area (Å²) in [7, 11) is 0. The van der Waals surface area contributed by atoms with Crippen LogP contribution in [0.3, 0.4) is 0 Å². The maximum absolute atomic E-state index is 12.1. The number of hydrogen-bond donors (Lipinski definition) is 1. The topological polar surface area (TPSA) is 48.8 Å². The van der Waals surface area contributed by atoms with Gasteiger partial charge >= 0.3 is 0 Å². The van der Waals surface area contributed by atoms with Crippen molar-refractivity contribution in [3.8, 4) is 5.75 Å². The molecule has 4 rings (SSSR count). The van der Waals surface area contributed by atoms with Crippen molar-refractivity contribution in [3.63, 3.8) is 0 Å². The number of nitrogens with zero attached hydrogens (tertiary/aromatic N) is 3. The molecule has 1 aliphatic carbocycles. The minimum Gasteiger partial charge on any atom is -0.491 e. The molecule has 5 heteroatoms. The van der Waals surface area contributed by atoms with E-state index in [2.05, 4.69) is 48.5 Å². The van der Waals surface area contributed by atoms with Gasteiger partial charge in [-0.05, 0) is 43.7 Å². The molecule has 1 aromatic heterocycles. The molecule has 1 aliphatic heterocycles. The third kappa shape index (κ3) is 3.42. The average molecular weight is 424 g/mol. The maximum atomic E-state index is 12.1. The molecule has 1 N–H and O–H groups in total. The predicted octanol–water partition coefficient (Wildman–Crippen LogP) is 4.31. The van der Waals surface area contributed by atoms with Crippen LogP contribution >= 0.6 is 0 Å². The molecule has 1 saturated heterocycles. The minimum absolute atomic E-state index is 0.139. The highest BCUT2D eigenvalue weighted by molar-refractivity contribution is 5.41. The summed E-state index contributed by atoms with van der Waals surface area (Å²) in [6, 6.07) is 14.4. The van der Waals surface area contributed by atoms with Crippen molar-refractivity contribution in [1.29, 1.82) is 0 Å². The summed E-state index contributed by atoms with van der Waals surface area (Å²) in [4.78, 5) is 9.44. The van der Waals surface area contributed by atoms with E-state index in [0.717, 1.165) is 43.3 Å². The van der Waals surface area contributed by atoms with Crippen LogP contribution in [-0.4, -0.2) is 53.3 Å². The average Bonchev–Trinajstić information content (AvgIpc) is 2.74. The summed E-state index contributed by atoms with van der Waals surface area (Å²) in [5.41, 5.74) is -0.477. The normalized spacial score (nSPS) is 27.7. The third-order valence-electron chi connectivity index (χ3n) is 7.53. The number of aliphatic hydroxyl groups is 1. The second-order valence-electron chi connectivity index (χ2n) is 10.5. The molecule has 0 spiro atoms. The molecular formula is C26H37N3O2. The largest absolute Gasteiger partial charge is 0.491 e. The van der Waals surface area contributed by atoms with Gasteiger partial charge in [0.25, 0.3) is 0 Å². The summed E-state index contributed by atoms with van der Waals surface area (Å²) in [5.74, 6) is 1.90. The van der Waals surface area contributed by atoms with Crippen LogP contribution in [0.25, 0.3) is 0 Å². The van der Waals surface area contributed by atoms with Gasteiger partial charge in [0.15, 0.2) is 0 Å². The van der Waals surface area contributed by atoms with E-state index in [1.807, 2.05) is 56.4 Å². The first kappa shape index (κ1) is 22.1. The van der Waals surface area contributed by atoms with Gasteiger partial charge in [-0.1, -0.05) is 45.9 Å². The second-order valence-corrected chi connectivity index (χ2v) is 10.5. The highest BCUT2D eigenvalue weighted by Crippen LogP contribution is 2.68. The summed E-state index contributed by atoms with van der Waals surface area (Å²) in [5, 5.41) is 12.1. The fraction of sp³-hybridized carbons (Fsp3) is 0.577. The number of ether oxygens (including phenoxy) is 1. The van der Waals surface area contributed by atoms with Gasteiger partial charge in [-0.25, -0.2) is 4.98 Å². The van der Waals surface area contributed by atoms with Crippen LogP contribution in [0.4, 0.5) is 5.82 Å². The van der Waals surface area contributed by atoms with Gasteiger partial charge in [-0.3, -0.25) is 4.90 Å². The molecule has 0 radical (unpaired) electrons. The summed E-state index contributed by atoms with van der Waals surface area (Å²) >= 11 is 0. The van der Waals surface area contributed by atoms with Crippen LogP contribution in [0.2, 0.25) is 0 Å². The van der Waals surface area contributed by atoms with E-state index in [1.54, 1.807) is 0 Å². The molecule has 0 atom stereocenters. The number of rotatable bonds is 5. The lowest BCUT2D eigenvalue weighted by Crippen LogP contribution is -2.79. The number of anilines is 1. The molecule has 0 unspecified atom stereocenters. The molecule has 2 aromatic rings. The molecule has 0 bridgehead atoms. The predicted molar refractivity (Wildman–Crippen MR) is 125 cm³/mol. The number of piperazine rings is 1. The van der Waals surface area contributed by atoms with Gasteiger partial charge in [0, 0.05) is 49.2 Å². The number of aromatic nitrogens is 1. The van der Waals surface area contributed by atoms with Crippen LogP contribution in [0.1, 0.15) is 47.1 Å². The quantitative estimate of drug-likeness (QED) is 0.776. The Labute approximate surface area is 187 Å². The van der Waals surface area contributed by atoms with E-state index in [1.165, 1.54) is 0 Å². The van der Waals surface area contributed by atoms with Gasteiger partial charge < -0.3 is 14.7 Å². The SMILES string of the molecule is CC(C)Oc1ccc(C2(O)C(C)(C)C(N3CCN(c4ccccn4)CC3)C2(C)C)cc1. The van der Waals surface area contributed by atoms with E-state index in [9.17, 15) is 5.11 Å². The van der Waals surface area contributed by atoms with E-state index >= 15 is 0 Å². The molecule has 5 nitrogen and oxygen atoms in total. The fourth-order valence-corrected chi connectivity index (χ4v) is 6.50. The van der Waals surface area contributed by atoms with Gasteiger partial charge in [0.2, 0.25) is 0 Å². The zero-order valence-corrected chi connectivity index (χ0v) is 19.8. The molecule has 0 amide bonds. The standard InChI is InChI=1S/C26H37N3O2/c1-19(2)31-21-12-10-20(11-13-21)26(30)24(3,4)23(25(26,5)6)29-17-15-28(16-18-29)22-9-7-8-14-27-22/h7-14,19,23,30H,15-18H2,1-6H3. The monoisotopic (exact) mass is 423 g/mol. The van der Waals surface area contributed by atoms with E-state index in [4.69, 9.17) is 4.74 Å². The van der Waals surface area contributed by atoms with Crippen LogP contribution in [0, 0.1) is 10.8 Å². The Kier molecular flexibility index (Phi) is 5.55. The first-order valence-corrected chi connectivity index (χ1v) is 11.5. The van der Waals surface area contributed by atoms with E-state index in [0.29, 0.717) is 6.04 Å². The Morgan fingerprint density at radius 2 is 1.55 bits per heavy atom. The van der Waals surface area contributed by atoms with Crippen LogP contribution in [0.15, 0.2) is 48.7 Å². The molecular weight excluding hydrogens is 386 g/mol. The summed E-state index contributed by atoms with van der Waals surface area (Å²) in [6.07, 6.45) is 2.00. The molecule has 2 aliphatic rings. The first-order valence-electron chi connectivity index (χ1n) is 11.5. The van der Waals surface area contributed by atoms with Crippen LogP contribution in [0.5, 0.6) is 5.75 Å². The zero-order valence-electron chi connectivity index (χ0n) is 19.8. The second kappa shape index (κ2) is 7.79. The lowest BCUT2D eigenvalue weighted by molar-refractivity contribution is -0.307. The Bertz CT molecular complexity index is 869. The van der Waals surface area contributed by atoms with E-state index in [-0.39, 0.29) is 16.9 Å². The molecule has 1 saturated carbocycles. The van der Waals surface area contributed by atoms with Gasteiger partial charge in [0.1, 0.15) is 17.2 Å². The lowest BCUT2D eigenvalue weighted by atomic mass is 9.39. The van der Waals surface area contributed by atoms with Gasteiger partial charge in [-0.2, -0.15) is 0 Å². The Morgan fingerprint density at radius 1 is 0.935 bits per heavy atom. The fourth-order valence-electron chi connectivity index (χ4n) is 6.50. The Balaban J connectivity index is 1.51. The highest BCUT2D eigenvalue weighted by Gasteiger charge is 2.73. The molecule has 2 heterocycles. The lowest BCUT2D eigenvalue weighted by Gasteiger charge is -2.72. The third-order valence-corrected chi connectivity index (χ3v) is 7.53.